The minimum Gasteiger partial charge on any atom is -0.497 e. The number of carbonyl (C=O) groups excluding carboxylic acids is 1. The molecule has 3 aromatic rings. The SMILES string of the molecule is COC(=O)Cn1c(=O)c2c(nc3n2C[C@@H](C)CN3c2cccc(OC)c2)n(C)c1=O. The number of aromatic nitrogens is 4. The van der Waals surface area contributed by atoms with Crippen LogP contribution in [0, 0.1) is 5.92 Å². The Morgan fingerprint density at radius 2 is 2.00 bits per heavy atom. The fourth-order valence-electron chi connectivity index (χ4n) is 3.83. The Balaban J connectivity index is 1.97. The summed E-state index contributed by atoms with van der Waals surface area (Å²) in [6.07, 6.45) is 0. The predicted molar refractivity (Wildman–Crippen MR) is 110 cm³/mol. The molecule has 0 radical (unpaired) electrons. The van der Waals surface area contributed by atoms with Gasteiger partial charge in [-0.2, -0.15) is 4.98 Å². The summed E-state index contributed by atoms with van der Waals surface area (Å²) in [7, 11) is 4.35. The van der Waals surface area contributed by atoms with E-state index in [1.807, 2.05) is 33.7 Å². The van der Waals surface area contributed by atoms with E-state index in [4.69, 9.17) is 4.74 Å². The molecule has 3 heterocycles. The highest BCUT2D eigenvalue weighted by Crippen LogP contribution is 2.34. The first-order valence-electron chi connectivity index (χ1n) is 9.54. The second-order valence-electron chi connectivity index (χ2n) is 7.42. The van der Waals surface area contributed by atoms with Crippen molar-refractivity contribution in [2.75, 3.05) is 25.7 Å². The van der Waals surface area contributed by atoms with Crippen LogP contribution in [0.4, 0.5) is 11.6 Å². The average Bonchev–Trinajstić information content (AvgIpc) is 3.14. The minimum atomic E-state index is -0.668. The van der Waals surface area contributed by atoms with Gasteiger partial charge in [-0.15, -0.1) is 0 Å². The fraction of sp³-hybridized carbons (Fsp3) is 0.400. The molecule has 10 nitrogen and oxygen atoms in total. The van der Waals surface area contributed by atoms with Crippen LogP contribution in [0.2, 0.25) is 0 Å². The molecule has 0 spiro atoms. The molecule has 10 heteroatoms. The predicted octanol–water partition coefficient (Wildman–Crippen LogP) is 0.866. The van der Waals surface area contributed by atoms with E-state index in [9.17, 15) is 14.4 Å². The van der Waals surface area contributed by atoms with Crippen molar-refractivity contribution >= 4 is 28.8 Å². The van der Waals surface area contributed by atoms with Crippen LogP contribution < -0.4 is 20.9 Å². The summed E-state index contributed by atoms with van der Waals surface area (Å²) in [5.74, 6) is 0.825. The van der Waals surface area contributed by atoms with E-state index in [1.165, 1.54) is 18.7 Å². The van der Waals surface area contributed by atoms with Gasteiger partial charge in [0.2, 0.25) is 5.95 Å². The standard InChI is InChI=1S/C20H23N5O5/c1-12-9-23(13-6-5-7-14(8-13)29-3)19-21-17-16(24(19)10-12)18(27)25(11-15(26)30-4)20(28)22(17)2/h5-8,12H,9-11H2,1-4H3/t12-/m0/s1. The maximum atomic E-state index is 13.2. The first-order chi connectivity index (χ1) is 14.3. The summed E-state index contributed by atoms with van der Waals surface area (Å²) in [5.41, 5.74) is 0.266. The van der Waals surface area contributed by atoms with Crippen LogP contribution in [0.1, 0.15) is 6.92 Å². The zero-order valence-electron chi connectivity index (χ0n) is 17.3. The molecule has 0 N–H and O–H groups in total. The highest BCUT2D eigenvalue weighted by molar-refractivity contribution is 5.78. The third-order valence-corrected chi connectivity index (χ3v) is 5.32. The molecule has 158 valence electrons. The van der Waals surface area contributed by atoms with Gasteiger partial charge in [-0.05, 0) is 18.1 Å². The van der Waals surface area contributed by atoms with E-state index in [0.29, 0.717) is 24.8 Å². The number of methoxy groups -OCH3 is 2. The van der Waals surface area contributed by atoms with Crippen molar-refractivity contribution < 1.29 is 14.3 Å². The van der Waals surface area contributed by atoms with Crippen molar-refractivity contribution in [3.05, 3.63) is 45.1 Å². The molecular weight excluding hydrogens is 390 g/mol. The molecule has 1 atom stereocenters. The molecule has 4 rings (SSSR count). The molecule has 0 fully saturated rings. The number of anilines is 2. The minimum absolute atomic E-state index is 0.215. The third kappa shape index (κ3) is 3.04. The zero-order chi connectivity index (χ0) is 21.6. The highest BCUT2D eigenvalue weighted by Gasteiger charge is 2.30. The smallest absolute Gasteiger partial charge is 0.333 e. The van der Waals surface area contributed by atoms with Gasteiger partial charge in [0.1, 0.15) is 12.3 Å². The van der Waals surface area contributed by atoms with Crippen LogP contribution in [0.15, 0.2) is 33.9 Å². The Morgan fingerprint density at radius 1 is 1.23 bits per heavy atom. The number of nitrogens with zero attached hydrogens (tertiary/aromatic N) is 5. The van der Waals surface area contributed by atoms with Crippen LogP contribution in [-0.4, -0.2) is 45.4 Å². The van der Waals surface area contributed by atoms with Crippen molar-refractivity contribution in [1.29, 1.82) is 0 Å². The van der Waals surface area contributed by atoms with Crippen LogP contribution in [0.5, 0.6) is 5.75 Å². The Morgan fingerprint density at radius 3 is 2.70 bits per heavy atom. The van der Waals surface area contributed by atoms with Crippen molar-refractivity contribution in [3.8, 4) is 5.75 Å². The Hall–Kier alpha value is -3.56. The summed E-state index contributed by atoms with van der Waals surface area (Å²) < 4.78 is 14.0. The number of fused-ring (bicyclic) bond motifs is 3. The van der Waals surface area contributed by atoms with Gasteiger partial charge < -0.3 is 18.9 Å². The van der Waals surface area contributed by atoms with Gasteiger partial charge in [0.05, 0.1) is 14.2 Å². The van der Waals surface area contributed by atoms with Gasteiger partial charge in [0, 0.05) is 31.9 Å². The second-order valence-corrected chi connectivity index (χ2v) is 7.42. The molecule has 0 amide bonds. The van der Waals surface area contributed by atoms with Crippen molar-refractivity contribution in [1.82, 2.24) is 18.7 Å². The first-order valence-corrected chi connectivity index (χ1v) is 9.54. The van der Waals surface area contributed by atoms with Gasteiger partial charge in [0.25, 0.3) is 5.56 Å². The number of esters is 1. The highest BCUT2D eigenvalue weighted by atomic mass is 16.5. The number of hydrogen-bond donors (Lipinski definition) is 0. The molecule has 0 saturated heterocycles. The lowest BCUT2D eigenvalue weighted by atomic mass is 10.1. The Labute approximate surface area is 171 Å². The van der Waals surface area contributed by atoms with Crippen LogP contribution in [-0.2, 0) is 29.7 Å². The maximum Gasteiger partial charge on any atom is 0.333 e. The second kappa shape index (κ2) is 7.36. The molecule has 0 bridgehead atoms. The van der Waals surface area contributed by atoms with Gasteiger partial charge in [-0.1, -0.05) is 13.0 Å². The van der Waals surface area contributed by atoms with Gasteiger partial charge in [-0.25, -0.2) is 9.36 Å². The van der Waals surface area contributed by atoms with Crippen LogP contribution in [0.3, 0.4) is 0 Å². The molecule has 0 unspecified atom stereocenters. The molecule has 2 aromatic heterocycles. The van der Waals surface area contributed by atoms with Crippen molar-refractivity contribution in [2.24, 2.45) is 13.0 Å². The summed E-state index contributed by atoms with van der Waals surface area (Å²) in [5, 5.41) is 0. The number of benzene rings is 1. The molecule has 1 aliphatic heterocycles. The third-order valence-electron chi connectivity index (χ3n) is 5.32. The van der Waals surface area contributed by atoms with Crippen molar-refractivity contribution in [3.63, 3.8) is 0 Å². The molecule has 0 aliphatic carbocycles. The van der Waals surface area contributed by atoms with Gasteiger partial charge >= 0.3 is 11.7 Å². The Kier molecular flexibility index (Phi) is 4.84. The molecule has 1 aliphatic rings. The van der Waals surface area contributed by atoms with E-state index < -0.39 is 23.8 Å². The maximum absolute atomic E-state index is 13.2. The van der Waals surface area contributed by atoms with E-state index in [-0.39, 0.29) is 17.1 Å². The van der Waals surface area contributed by atoms with Gasteiger partial charge in [-0.3, -0.25) is 14.2 Å². The van der Waals surface area contributed by atoms with E-state index in [2.05, 4.69) is 16.6 Å². The van der Waals surface area contributed by atoms with Gasteiger partial charge in [0.15, 0.2) is 11.2 Å². The number of carbonyl (C=O) groups is 1. The number of imidazole rings is 1. The monoisotopic (exact) mass is 413 g/mol. The van der Waals surface area contributed by atoms with E-state index in [1.54, 1.807) is 7.11 Å². The molecule has 1 aromatic carbocycles. The van der Waals surface area contributed by atoms with Crippen LogP contribution in [0.25, 0.3) is 11.2 Å². The summed E-state index contributed by atoms with van der Waals surface area (Å²) in [6, 6.07) is 7.59. The quantitative estimate of drug-likeness (QED) is 0.585. The topological polar surface area (TPSA) is 101 Å². The lowest BCUT2D eigenvalue weighted by molar-refractivity contribution is -0.141. The fourth-order valence-corrected chi connectivity index (χ4v) is 3.83. The zero-order valence-corrected chi connectivity index (χ0v) is 17.3. The number of hydrogen-bond acceptors (Lipinski definition) is 7. The van der Waals surface area contributed by atoms with Crippen LogP contribution >= 0.6 is 0 Å². The molecular formula is C20H23N5O5. The summed E-state index contributed by atoms with van der Waals surface area (Å²) in [4.78, 5) is 44.3. The van der Waals surface area contributed by atoms with Crippen molar-refractivity contribution in [2.45, 2.75) is 20.0 Å². The lowest BCUT2D eigenvalue weighted by Crippen LogP contribution is -2.42. The summed E-state index contributed by atoms with van der Waals surface area (Å²) >= 11 is 0. The molecule has 30 heavy (non-hydrogen) atoms. The average molecular weight is 413 g/mol. The number of rotatable bonds is 4. The summed E-state index contributed by atoms with van der Waals surface area (Å²) in [6.45, 7) is 2.89. The largest absolute Gasteiger partial charge is 0.497 e. The molecule has 0 saturated carbocycles. The number of aryl methyl sites for hydroxylation is 1. The lowest BCUT2D eigenvalue weighted by Gasteiger charge is -2.33. The van der Waals surface area contributed by atoms with E-state index in [0.717, 1.165) is 10.3 Å². The Bertz CT molecular complexity index is 1250. The first kappa shape index (κ1) is 19.7. The number of ether oxygens (including phenoxy) is 2. The van der Waals surface area contributed by atoms with E-state index >= 15 is 0 Å². The normalized spacial score (nSPS) is 15.9.